The van der Waals surface area contributed by atoms with Gasteiger partial charge in [-0.1, -0.05) is 37.3 Å². The van der Waals surface area contributed by atoms with E-state index in [-0.39, 0.29) is 0 Å². The number of nitrogens with zero attached hydrogens (tertiary/aromatic N) is 2. The van der Waals surface area contributed by atoms with E-state index in [1.807, 2.05) is 0 Å². The predicted molar refractivity (Wildman–Crippen MR) is 81.1 cm³/mol. The first-order valence-electron chi connectivity index (χ1n) is 6.64. The molecule has 4 heteroatoms. The van der Waals surface area contributed by atoms with Crippen LogP contribution in [0.25, 0.3) is 0 Å². The summed E-state index contributed by atoms with van der Waals surface area (Å²) >= 11 is 1.74. The van der Waals surface area contributed by atoms with Crippen LogP contribution in [0.5, 0.6) is 0 Å². The number of nitrogens with one attached hydrogen (secondary N) is 1. The van der Waals surface area contributed by atoms with Gasteiger partial charge in [0.2, 0.25) is 0 Å². The largest absolute Gasteiger partial charge is 0.311 e. The van der Waals surface area contributed by atoms with Gasteiger partial charge < -0.3 is 5.32 Å². The normalized spacial score (nSPS) is 11.1. The Bertz CT molecular complexity index is 481. The summed E-state index contributed by atoms with van der Waals surface area (Å²) in [6.45, 7) is 5.84. The molecular weight excluding hydrogens is 254 g/mol. The molecule has 19 heavy (non-hydrogen) atoms. The first-order chi connectivity index (χ1) is 9.28. The highest BCUT2D eigenvalue weighted by Gasteiger charge is 2.05. The molecule has 0 fully saturated rings. The van der Waals surface area contributed by atoms with Crippen LogP contribution < -0.4 is 5.32 Å². The molecule has 0 amide bonds. The Morgan fingerprint density at radius 3 is 2.74 bits per heavy atom. The molecule has 1 N–H and O–H groups in total. The van der Waals surface area contributed by atoms with Crippen molar-refractivity contribution >= 4 is 11.3 Å². The molecule has 0 saturated carbocycles. The lowest BCUT2D eigenvalue weighted by atomic mass is 10.2. The van der Waals surface area contributed by atoms with Gasteiger partial charge in [0.05, 0.1) is 5.69 Å². The molecule has 0 aliphatic heterocycles. The standard InChI is InChI=1S/C15H21N3S/c1-3-16-9-15-17-14(12-19-15)11-18(2)10-13-7-5-4-6-8-13/h4-8,12,16H,3,9-11H2,1-2H3. The molecule has 1 heterocycles. The van der Waals surface area contributed by atoms with Crippen molar-refractivity contribution in [3.8, 4) is 0 Å². The van der Waals surface area contributed by atoms with Gasteiger partial charge in [-0.15, -0.1) is 11.3 Å². The van der Waals surface area contributed by atoms with E-state index in [0.717, 1.165) is 31.9 Å². The topological polar surface area (TPSA) is 28.2 Å². The van der Waals surface area contributed by atoms with Crippen molar-refractivity contribution < 1.29 is 0 Å². The summed E-state index contributed by atoms with van der Waals surface area (Å²) in [6, 6.07) is 10.5. The Labute approximate surface area is 119 Å². The van der Waals surface area contributed by atoms with Gasteiger partial charge in [-0.3, -0.25) is 4.90 Å². The smallest absolute Gasteiger partial charge is 0.107 e. The molecule has 0 bridgehead atoms. The maximum absolute atomic E-state index is 4.64. The van der Waals surface area contributed by atoms with Gasteiger partial charge in [-0.05, 0) is 19.2 Å². The number of hydrogen-bond donors (Lipinski definition) is 1. The van der Waals surface area contributed by atoms with Gasteiger partial charge in [-0.25, -0.2) is 4.98 Å². The Balaban J connectivity index is 1.85. The highest BCUT2D eigenvalue weighted by atomic mass is 32.1. The van der Waals surface area contributed by atoms with E-state index in [9.17, 15) is 0 Å². The van der Waals surface area contributed by atoms with Crippen molar-refractivity contribution in [2.75, 3.05) is 13.6 Å². The van der Waals surface area contributed by atoms with Gasteiger partial charge >= 0.3 is 0 Å². The van der Waals surface area contributed by atoms with Gasteiger partial charge in [0, 0.05) is 25.0 Å². The molecule has 3 nitrogen and oxygen atoms in total. The molecule has 1 aromatic heterocycles. The monoisotopic (exact) mass is 275 g/mol. The number of thiazole rings is 1. The lowest BCUT2D eigenvalue weighted by Crippen LogP contribution is -2.17. The minimum Gasteiger partial charge on any atom is -0.311 e. The van der Waals surface area contributed by atoms with E-state index in [0.29, 0.717) is 0 Å². The zero-order valence-electron chi connectivity index (χ0n) is 11.6. The second-order valence-electron chi connectivity index (χ2n) is 4.67. The summed E-state index contributed by atoms with van der Waals surface area (Å²) < 4.78 is 0. The molecule has 0 spiro atoms. The molecule has 0 saturated heterocycles. The van der Waals surface area contributed by atoms with Crippen LogP contribution >= 0.6 is 11.3 Å². The fourth-order valence-electron chi connectivity index (χ4n) is 1.96. The maximum Gasteiger partial charge on any atom is 0.107 e. The zero-order chi connectivity index (χ0) is 13.5. The minimum absolute atomic E-state index is 0.879. The Kier molecular flexibility index (Phi) is 5.51. The number of hydrogen-bond acceptors (Lipinski definition) is 4. The second-order valence-corrected chi connectivity index (χ2v) is 5.61. The van der Waals surface area contributed by atoms with E-state index in [2.05, 4.69) is 64.9 Å². The summed E-state index contributed by atoms with van der Waals surface area (Å²) in [5, 5.41) is 6.64. The number of benzene rings is 1. The first kappa shape index (κ1) is 14.2. The summed E-state index contributed by atoms with van der Waals surface area (Å²) in [4.78, 5) is 6.94. The van der Waals surface area contributed by atoms with Crippen molar-refractivity contribution in [2.45, 2.75) is 26.6 Å². The lowest BCUT2D eigenvalue weighted by molar-refractivity contribution is 0.315. The van der Waals surface area contributed by atoms with Gasteiger partial charge in [0.25, 0.3) is 0 Å². The molecule has 0 unspecified atom stereocenters. The van der Waals surface area contributed by atoms with Crippen LogP contribution in [0.1, 0.15) is 23.2 Å². The first-order valence-corrected chi connectivity index (χ1v) is 7.52. The Hall–Kier alpha value is -1.23. The van der Waals surface area contributed by atoms with E-state index < -0.39 is 0 Å². The molecule has 1 aromatic carbocycles. The Morgan fingerprint density at radius 2 is 2.00 bits per heavy atom. The van der Waals surface area contributed by atoms with Crippen LogP contribution in [-0.2, 0) is 19.6 Å². The van der Waals surface area contributed by atoms with E-state index in [1.54, 1.807) is 11.3 Å². The van der Waals surface area contributed by atoms with E-state index >= 15 is 0 Å². The van der Waals surface area contributed by atoms with E-state index in [4.69, 9.17) is 0 Å². The molecule has 2 rings (SSSR count). The molecule has 0 radical (unpaired) electrons. The molecule has 0 aliphatic rings. The van der Waals surface area contributed by atoms with Crippen molar-refractivity contribution in [3.05, 3.63) is 52.0 Å². The quantitative estimate of drug-likeness (QED) is 0.842. The summed E-state index contributed by atoms with van der Waals surface area (Å²) in [5.74, 6) is 0. The third-order valence-electron chi connectivity index (χ3n) is 2.85. The average molecular weight is 275 g/mol. The number of aromatic nitrogens is 1. The average Bonchev–Trinajstić information content (AvgIpc) is 2.85. The zero-order valence-corrected chi connectivity index (χ0v) is 12.4. The minimum atomic E-state index is 0.879. The third-order valence-corrected chi connectivity index (χ3v) is 3.75. The Morgan fingerprint density at radius 1 is 1.21 bits per heavy atom. The van der Waals surface area contributed by atoms with Crippen LogP contribution in [0.15, 0.2) is 35.7 Å². The lowest BCUT2D eigenvalue weighted by Gasteiger charge is -2.15. The SMILES string of the molecule is CCNCc1nc(CN(C)Cc2ccccc2)cs1. The number of rotatable bonds is 7. The molecule has 0 aliphatic carbocycles. The van der Waals surface area contributed by atoms with Crippen LogP contribution in [0.3, 0.4) is 0 Å². The molecule has 0 atom stereocenters. The van der Waals surface area contributed by atoms with Crippen LogP contribution in [0, 0.1) is 0 Å². The van der Waals surface area contributed by atoms with Crippen LogP contribution in [-0.4, -0.2) is 23.5 Å². The molecular formula is C15H21N3S. The summed E-state index contributed by atoms with van der Waals surface area (Å²) in [5.41, 5.74) is 2.50. The van der Waals surface area contributed by atoms with Crippen molar-refractivity contribution in [2.24, 2.45) is 0 Å². The van der Waals surface area contributed by atoms with Crippen molar-refractivity contribution in [3.63, 3.8) is 0 Å². The second kappa shape index (κ2) is 7.38. The van der Waals surface area contributed by atoms with E-state index in [1.165, 1.54) is 10.6 Å². The highest BCUT2D eigenvalue weighted by Crippen LogP contribution is 2.12. The predicted octanol–water partition coefficient (Wildman–Crippen LogP) is 2.88. The van der Waals surface area contributed by atoms with Crippen LogP contribution in [0.4, 0.5) is 0 Å². The van der Waals surface area contributed by atoms with Crippen LogP contribution in [0.2, 0.25) is 0 Å². The van der Waals surface area contributed by atoms with Gasteiger partial charge in [-0.2, -0.15) is 0 Å². The van der Waals surface area contributed by atoms with Gasteiger partial charge in [0.15, 0.2) is 0 Å². The summed E-state index contributed by atoms with van der Waals surface area (Å²) in [7, 11) is 2.14. The summed E-state index contributed by atoms with van der Waals surface area (Å²) in [6.07, 6.45) is 0. The van der Waals surface area contributed by atoms with Crippen molar-refractivity contribution in [1.29, 1.82) is 0 Å². The maximum atomic E-state index is 4.64. The fourth-order valence-corrected chi connectivity index (χ4v) is 2.72. The molecule has 2 aromatic rings. The van der Waals surface area contributed by atoms with Gasteiger partial charge in [0.1, 0.15) is 5.01 Å². The molecule has 102 valence electrons. The van der Waals surface area contributed by atoms with Crippen molar-refractivity contribution in [1.82, 2.24) is 15.2 Å². The third kappa shape index (κ3) is 4.74. The highest BCUT2D eigenvalue weighted by molar-refractivity contribution is 7.09. The fraction of sp³-hybridized carbons (Fsp3) is 0.400.